The molecule has 1 saturated heterocycles. The molecule has 0 bridgehead atoms. The Hall–Kier alpha value is -1.94. The molecule has 3 rings (SSSR count). The van der Waals surface area contributed by atoms with Crippen LogP contribution in [0.4, 0.5) is 0 Å². The lowest BCUT2D eigenvalue weighted by Gasteiger charge is -2.22. The molecule has 1 atom stereocenters. The minimum atomic E-state index is 0.286. The minimum absolute atomic E-state index is 0.286. The van der Waals surface area contributed by atoms with Crippen LogP contribution >= 0.6 is 0 Å². The van der Waals surface area contributed by atoms with Crippen LogP contribution in [0.2, 0.25) is 0 Å². The summed E-state index contributed by atoms with van der Waals surface area (Å²) in [6, 6.07) is 10.2. The van der Waals surface area contributed by atoms with Gasteiger partial charge in [-0.05, 0) is 37.6 Å². The molecule has 1 aromatic carbocycles. The Bertz CT molecular complexity index is 579. The number of aromatic nitrogens is 2. The minimum Gasteiger partial charge on any atom is -0.497 e. The maximum absolute atomic E-state index is 5.27. The molecule has 1 unspecified atom stereocenters. The molecule has 1 aromatic heterocycles. The van der Waals surface area contributed by atoms with Crippen LogP contribution in [0.3, 0.4) is 0 Å². The summed E-state index contributed by atoms with van der Waals surface area (Å²) in [6.07, 6.45) is 5.44. The van der Waals surface area contributed by atoms with Crippen molar-refractivity contribution in [3.8, 4) is 17.0 Å². The van der Waals surface area contributed by atoms with E-state index in [9.17, 15) is 0 Å². The van der Waals surface area contributed by atoms with Gasteiger partial charge in [0.25, 0.3) is 0 Å². The lowest BCUT2D eigenvalue weighted by molar-refractivity contribution is 0.397. The lowest BCUT2D eigenvalue weighted by atomic mass is 10.0. The van der Waals surface area contributed by atoms with E-state index in [0.29, 0.717) is 0 Å². The van der Waals surface area contributed by atoms with Gasteiger partial charge in [-0.15, -0.1) is 0 Å². The van der Waals surface area contributed by atoms with Gasteiger partial charge in [-0.3, -0.25) is 0 Å². The summed E-state index contributed by atoms with van der Waals surface area (Å²) in [4.78, 5) is 9.14. The topological polar surface area (TPSA) is 47.0 Å². The Balaban J connectivity index is 1.89. The predicted molar refractivity (Wildman–Crippen MR) is 78.6 cm³/mol. The van der Waals surface area contributed by atoms with Crippen LogP contribution in [0.15, 0.2) is 36.5 Å². The van der Waals surface area contributed by atoms with E-state index in [0.717, 1.165) is 35.8 Å². The van der Waals surface area contributed by atoms with Gasteiger partial charge in [-0.1, -0.05) is 18.6 Å². The number of methoxy groups -OCH3 is 1. The first-order valence-electron chi connectivity index (χ1n) is 7.07. The van der Waals surface area contributed by atoms with Crippen molar-refractivity contribution in [3.05, 3.63) is 42.4 Å². The third-order valence-electron chi connectivity index (χ3n) is 3.66. The Morgan fingerprint density at radius 2 is 2.20 bits per heavy atom. The monoisotopic (exact) mass is 269 g/mol. The highest BCUT2D eigenvalue weighted by Crippen LogP contribution is 2.25. The fourth-order valence-corrected chi connectivity index (χ4v) is 2.56. The van der Waals surface area contributed by atoms with E-state index in [1.54, 1.807) is 7.11 Å². The molecule has 0 saturated carbocycles. The van der Waals surface area contributed by atoms with E-state index in [1.165, 1.54) is 12.8 Å². The van der Waals surface area contributed by atoms with E-state index in [2.05, 4.69) is 10.3 Å². The van der Waals surface area contributed by atoms with Gasteiger partial charge in [-0.2, -0.15) is 0 Å². The third-order valence-corrected chi connectivity index (χ3v) is 3.66. The number of rotatable bonds is 3. The van der Waals surface area contributed by atoms with Crippen LogP contribution in [0.25, 0.3) is 11.3 Å². The van der Waals surface area contributed by atoms with E-state index in [1.807, 2.05) is 36.5 Å². The molecule has 104 valence electrons. The van der Waals surface area contributed by atoms with Crippen molar-refractivity contribution in [2.24, 2.45) is 0 Å². The Kier molecular flexibility index (Phi) is 3.92. The van der Waals surface area contributed by atoms with Gasteiger partial charge < -0.3 is 10.1 Å². The maximum Gasteiger partial charge on any atom is 0.145 e. The van der Waals surface area contributed by atoms with Gasteiger partial charge in [0.1, 0.15) is 11.6 Å². The molecule has 2 aromatic rings. The first-order chi connectivity index (χ1) is 9.86. The predicted octanol–water partition coefficient (Wildman–Crippen LogP) is 2.97. The largest absolute Gasteiger partial charge is 0.497 e. The van der Waals surface area contributed by atoms with E-state index < -0.39 is 0 Å². The van der Waals surface area contributed by atoms with Crippen molar-refractivity contribution in [2.45, 2.75) is 25.3 Å². The van der Waals surface area contributed by atoms with Gasteiger partial charge in [0.15, 0.2) is 0 Å². The zero-order valence-electron chi connectivity index (χ0n) is 11.7. The second-order valence-electron chi connectivity index (χ2n) is 5.03. The number of hydrogen-bond acceptors (Lipinski definition) is 4. The van der Waals surface area contributed by atoms with Crippen LogP contribution in [-0.4, -0.2) is 23.6 Å². The number of piperidine rings is 1. The molecule has 0 radical (unpaired) electrons. The number of hydrogen-bond donors (Lipinski definition) is 1. The summed E-state index contributed by atoms with van der Waals surface area (Å²) in [5.41, 5.74) is 2.00. The molecule has 1 aliphatic heterocycles. The van der Waals surface area contributed by atoms with Crippen molar-refractivity contribution in [1.82, 2.24) is 15.3 Å². The maximum atomic E-state index is 5.27. The molecule has 1 aliphatic rings. The highest BCUT2D eigenvalue weighted by molar-refractivity contribution is 5.60. The summed E-state index contributed by atoms with van der Waals surface area (Å²) in [7, 11) is 1.68. The first kappa shape index (κ1) is 13.1. The smallest absolute Gasteiger partial charge is 0.145 e. The Morgan fingerprint density at radius 3 is 3.00 bits per heavy atom. The fraction of sp³-hybridized carbons (Fsp3) is 0.375. The molecule has 2 heterocycles. The number of nitrogens with zero attached hydrogens (tertiary/aromatic N) is 2. The fourth-order valence-electron chi connectivity index (χ4n) is 2.56. The standard InChI is InChI=1S/C16H19N3O/c1-20-13-6-4-5-12(11-13)14-8-10-18-16(19-14)15-7-2-3-9-17-15/h4-6,8,10-11,15,17H,2-3,7,9H2,1H3. The normalized spacial score (nSPS) is 18.8. The van der Waals surface area contributed by atoms with E-state index in [4.69, 9.17) is 9.72 Å². The summed E-state index contributed by atoms with van der Waals surface area (Å²) < 4.78 is 5.27. The van der Waals surface area contributed by atoms with Gasteiger partial charge >= 0.3 is 0 Å². The Labute approximate surface area is 119 Å². The molecule has 0 spiro atoms. The second kappa shape index (κ2) is 6.01. The van der Waals surface area contributed by atoms with Crippen molar-refractivity contribution >= 4 is 0 Å². The second-order valence-corrected chi connectivity index (χ2v) is 5.03. The summed E-state index contributed by atoms with van der Waals surface area (Å²) >= 11 is 0. The SMILES string of the molecule is COc1cccc(-c2ccnc(C3CCCCN3)n2)c1. The highest BCUT2D eigenvalue weighted by Gasteiger charge is 2.17. The molecule has 0 amide bonds. The number of ether oxygens (including phenoxy) is 1. The average molecular weight is 269 g/mol. The number of benzene rings is 1. The molecule has 1 N–H and O–H groups in total. The van der Waals surface area contributed by atoms with Crippen LogP contribution in [0.5, 0.6) is 5.75 Å². The van der Waals surface area contributed by atoms with Gasteiger partial charge in [0, 0.05) is 11.8 Å². The molecule has 1 fully saturated rings. The molecule has 0 aliphatic carbocycles. The lowest BCUT2D eigenvalue weighted by Crippen LogP contribution is -2.28. The summed E-state index contributed by atoms with van der Waals surface area (Å²) in [5.74, 6) is 1.74. The van der Waals surface area contributed by atoms with Crippen LogP contribution < -0.4 is 10.1 Å². The zero-order valence-corrected chi connectivity index (χ0v) is 11.7. The summed E-state index contributed by atoms with van der Waals surface area (Å²) in [6.45, 7) is 1.05. The third kappa shape index (κ3) is 2.80. The zero-order chi connectivity index (χ0) is 13.8. The first-order valence-corrected chi connectivity index (χ1v) is 7.07. The highest BCUT2D eigenvalue weighted by atomic mass is 16.5. The van der Waals surface area contributed by atoms with Crippen LogP contribution in [0.1, 0.15) is 31.1 Å². The summed E-state index contributed by atoms with van der Waals surface area (Å²) in [5, 5.41) is 3.49. The molecular weight excluding hydrogens is 250 g/mol. The van der Waals surface area contributed by atoms with Crippen molar-refractivity contribution in [2.75, 3.05) is 13.7 Å². The van der Waals surface area contributed by atoms with Crippen molar-refractivity contribution in [1.29, 1.82) is 0 Å². The van der Waals surface area contributed by atoms with Gasteiger partial charge in [-0.25, -0.2) is 9.97 Å². The molecular formula is C16H19N3O. The Morgan fingerprint density at radius 1 is 1.25 bits per heavy atom. The molecule has 4 heteroatoms. The van der Waals surface area contributed by atoms with Crippen molar-refractivity contribution in [3.63, 3.8) is 0 Å². The van der Waals surface area contributed by atoms with E-state index in [-0.39, 0.29) is 6.04 Å². The van der Waals surface area contributed by atoms with Crippen LogP contribution in [0, 0.1) is 0 Å². The quantitative estimate of drug-likeness (QED) is 0.930. The average Bonchev–Trinajstić information content (AvgIpc) is 2.56. The van der Waals surface area contributed by atoms with Crippen LogP contribution in [-0.2, 0) is 0 Å². The van der Waals surface area contributed by atoms with Gasteiger partial charge in [0.2, 0.25) is 0 Å². The number of nitrogens with one attached hydrogen (secondary N) is 1. The van der Waals surface area contributed by atoms with Gasteiger partial charge in [0.05, 0.1) is 18.8 Å². The van der Waals surface area contributed by atoms with E-state index >= 15 is 0 Å². The molecule has 4 nitrogen and oxygen atoms in total. The van der Waals surface area contributed by atoms with Crippen molar-refractivity contribution < 1.29 is 4.74 Å². The molecule has 20 heavy (non-hydrogen) atoms.